The van der Waals surface area contributed by atoms with Crippen molar-refractivity contribution in [2.45, 2.75) is 25.6 Å². The van der Waals surface area contributed by atoms with Crippen molar-refractivity contribution < 1.29 is 29.6 Å². The van der Waals surface area contributed by atoms with E-state index >= 15 is 0 Å². The van der Waals surface area contributed by atoms with Gasteiger partial charge in [-0.25, -0.2) is 9.78 Å². The van der Waals surface area contributed by atoms with Crippen molar-refractivity contribution in [3.05, 3.63) is 16.1 Å². The van der Waals surface area contributed by atoms with Crippen molar-refractivity contribution >= 4 is 23.3 Å². The number of rotatable bonds is 6. The number of nitrogens with zero attached hydrogens (tertiary/aromatic N) is 1. The fraction of sp³-hybridized carbons (Fsp3) is 0.500. The predicted molar refractivity (Wildman–Crippen MR) is 61.3 cm³/mol. The van der Waals surface area contributed by atoms with Gasteiger partial charge in [0.25, 0.3) is 0 Å². The Bertz CT molecular complexity index is 432. The van der Waals surface area contributed by atoms with E-state index in [1.54, 1.807) is 6.92 Å². The quantitative estimate of drug-likeness (QED) is 0.634. The molecule has 0 aromatic carbocycles. The number of aromatic nitrogens is 1. The minimum absolute atomic E-state index is 0.0224. The Labute approximate surface area is 107 Å². The van der Waals surface area contributed by atoms with Crippen molar-refractivity contribution in [3.8, 4) is 0 Å². The molecule has 1 aromatic heterocycles. The lowest BCUT2D eigenvalue weighted by Gasteiger charge is -2.14. The van der Waals surface area contributed by atoms with Crippen LogP contribution in [0.15, 0.2) is 5.38 Å². The third kappa shape index (κ3) is 3.76. The van der Waals surface area contributed by atoms with Gasteiger partial charge in [-0.05, 0) is 6.92 Å². The number of ether oxygens (including phenoxy) is 1. The van der Waals surface area contributed by atoms with Crippen LogP contribution in [0.4, 0.5) is 0 Å². The lowest BCUT2D eigenvalue weighted by molar-refractivity contribution is -0.147. The molecule has 0 spiro atoms. The molecule has 2 atom stereocenters. The lowest BCUT2D eigenvalue weighted by Crippen LogP contribution is -2.23. The van der Waals surface area contributed by atoms with Gasteiger partial charge < -0.3 is 20.1 Å². The number of aliphatic hydroxyl groups is 2. The molecule has 0 aliphatic carbocycles. The second-order valence-electron chi connectivity index (χ2n) is 3.40. The summed E-state index contributed by atoms with van der Waals surface area (Å²) in [5.41, 5.74) is 0.0224. The van der Waals surface area contributed by atoms with Gasteiger partial charge in [0.15, 0.2) is 0 Å². The van der Waals surface area contributed by atoms with Crippen molar-refractivity contribution in [1.29, 1.82) is 0 Å². The molecule has 0 fully saturated rings. The van der Waals surface area contributed by atoms with Crippen LogP contribution in [0.1, 0.15) is 34.9 Å². The van der Waals surface area contributed by atoms with Crippen molar-refractivity contribution in [2.24, 2.45) is 0 Å². The summed E-state index contributed by atoms with van der Waals surface area (Å²) in [6, 6.07) is 0. The van der Waals surface area contributed by atoms with Crippen LogP contribution in [0, 0.1) is 0 Å². The first kappa shape index (κ1) is 14.6. The first-order valence-corrected chi connectivity index (χ1v) is 6.04. The van der Waals surface area contributed by atoms with Crippen LogP contribution in [0.25, 0.3) is 0 Å². The minimum atomic E-state index is -1.42. The van der Waals surface area contributed by atoms with Gasteiger partial charge in [0, 0.05) is 5.38 Å². The molecule has 0 amide bonds. The zero-order valence-corrected chi connectivity index (χ0v) is 10.4. The Morgan fingerprint density at radius 1 is 1.50 bits per heavy atom. The standard InChI is InChI=1S/C10H13NO6S/c1-2-17-7(13)3-6(12)8(14)5-4-18-9(11-5)10(15)16/h4,6,8,12,14H,2-3H2,1H3,(H,15,16). The second kappa shape index (κ2) is 6.43. The predicted octanol–water partition coefficient (Wildman–Crippen LogP) is 0.189. The van der Waals surface area contributed by atoms with Gasteiger partial charge in [-0.2, -0.15) is 0 Å². The zero-order valence-electron chi connectivity index (χ0n) is 9.57. The van der Waals surface area contributed by atoms with Crippen molar-refractivity contribution in [1.82, 2.24) is 4.98 Å². The molecule has 0 saturated heterocycles. The van der Waals surface area contributed by atoms with Gasteiger partial charge >= 0.3 is 11.9 Å². The normalized spacial score (nSPS) is 13.9. The van der Waals surface area contributed by atoms with E-state index in [4.69, 9.17) is 5.11 Å². The van der Waals surface area contributed by atoms with Crippen LogP contribution in [0.5, 0.6) is 0 Å². The summed E-state index contributed by atoms with van der Waals surface area (Å²) in [4.78, 5) is 25.3. The number of carbonyl (C=O) groups excluding carboxylic acids is 1. The number of aliphatic hydroxyl groups excluding tert-OH is 2. The molecule has 1 rings (SSSR count). The fourth-order valence-corrected chi connectivity index (χ4v) is 1.90. The molecule has 2 unspecified atom stereocenters. The van der Waals surface area contributed by atoms with Crippen molar-refractivity contribution in [3.63, 3.8) is 0 Å². The van der Waals surface area contributed by atoms with E-state index in [0.29, 0.717) is 0 Å². The summed E-state index contributed by atoms with van der Waals surface area (Å²) >= 11 is 0.835. The van der Waals surface area contributed by atoms with Crippen molar-refractivity contribution in [2.75, 3.05) is 6.61 Å². The highest BCUT2D eigenvalue weighted by Gasteiger charge is 2.25. The maximum atomic E-state index is 11.1. The lowest BCUT2D eigenvalue weighted by atomic mass is 10.1. The van der Waals surface area contributed by atoms with Gasteiger partial charge in [-0.15, -0.1) is 11.3 Å². The summed E-state index contributed by atoms with van der Waals surface area (Å²) in [5, 5.41) is 29.1. The average molecular weight is 275 g/mol. The molecule has 0 aliphatic heterocycles. The summed E-state index contributed by atoms with van der Waals surface area (Å²) in [6.45, 7) is 1.81. The zero-order chi connectivity index (χ0) is 13.7. The van der Waals surface area contributed by atoms with Crippen LogP contribution in [0.2, 0.25) is 0 Å². The molecular weight excluding hydrogens is 262 g/mol. The molecule has 0 aliphatic rings. The van der Waals surface area contributed by atoms with Crippen LogP contribution >= 0.6 is 11.3 Å². The molecule has 8 heteroatoms. The number of carboxylic acids is 1. The molecule has 0 radical (unpaired) electrons. The Morgan fingerprint density at radius 3 is 2.67 bits per heavy atom. The Morgan fingerprint density at radius 2 is 2.17 bits per heavy atom. The number of hydrogen-bond acceptors (Lipinski definition) is 7. The largest absolute Gasteiger partial charge is 0.476 e. The van der Waals surface area contributed by atoms with Gasteiger partial charge in [0.05, 0.1) is 24.8 Å². The summed E-state index contributed by atoms with van der Waals surface area (Å²) in [6.07, 6.45) is -3.18. The first-order valence-electron chi connectivity index (χ1n) is 5.16. The van der Waals surface area contributed by atoms with E-state index in [9.17, 15) is 19.8 Å². The molecule has 3 N–H and O–H groups in total. The van der Waals surface area contributed by atoms with Crippen LogP contribution in [-0.4, -0.2) is 45.0 Å². The maximum absolute atomic E-state index is 11.1. The van der Waals surface area contributed by atoms with Gasteiger partial charge in [-0.3, -0.25) is 4.79 Å². The van der Waals surface area contributed by atoms with E-state index in [0.717, 1.165) is 11.3 Å². The number of thiazole rings is 1. The van der Waals surface area contributed by atoms with E-state index in [-0.39, 0.29) is 23.7 Å². The molecule has 18 heavy (non-hydrogen) atoms. The number of esters is 1. The topological polar surface area (TPSA) is 117 Å². The molecule has 100 valence electrons. The molecule has 7 nitrogen and oxygen atoms in total. The number of carbonyl (C=O) groups is 2. The molecule has 1 heterocycles. The minimum Gasteiger partial charge on any atom is -0.476 e. The Balaban J connectivity index is 2.64. The smallest absolute Gasteiger partial charge is 0.365 e. The average Bonchev–Trinajstić information content (AvgIpc) is 2.77. The summed E-state index contributed by atoms with van der Waals surface area (Å²) in [7, 11) is 0. The Hall–Kier alpha value is -1.51. The fourth-order valence-electron chi connectivity index (χ4n) is 1.22. The van der Waals surface area contributed by atoms with E-state index in [1.807, 2.05) is 0 Å². The van der Waals surface area contributed by atoms with E-state index in [2.05, 4.69) is 9.72 Å². The SMILES string of the molecule is CCOC(=O)CC(O)C(O)c1csc(C(=O)O)n1. The van der Waals surface area contributed by atoms with Gasteiger partial charge in [0.2, 0.25) is 5.01 Å². The number of hydrogen-bond donors (Lipinski definition) is 3. The van der Waals surface area contributed by atoms with Crippen LogP contribution in [-0.2, 0) is 9.53 Å². The van der Waals surface area contributed by atoms with E-state index < -0.39 is 24.1 Å². The highest BCUT2D eigenvalue weighted by Crippen LogP contribution is 2.21. The molecule has 0 bridgehead atoms. The highest BCUT2D eigenvalue weighted by molar-refractivity contribution is 7.11. The van der Waals surface area contributed by atoms with E-state index in [1.165, 1.54) is 5.38 Å². The maximum Gasteiger partial charge on any atom is 0.365 e. The second-order valence-corrected chi connectivity index (χ2v) is 4.26. The molecular formula is C10H13NO6S. The highest BCUT2D eigenvalue weighted by atomic mass is 32.1. The summed E-state index contributed by atoms with van der Waals surface area (Å²) < 4.78 is 4.62. The van der Waals surface area contributed by atoms with Gasteiger partial charge in [-0.1, -0.05) is 0 Å². The third-order valence-corrected chi connectivity index (χ3v) is 2.90. The monoisotopic (exact) mass is 275 g/mol. The number of aromatic carboxylic acids is 1. The first-order chi connectivity index (χ1) is 8.45. The Kier molecular flexibility index (Phi) is 5.20. The molecule has 0 saturated carbocycles. The van der Waals surface area contributed by atoms with Gasteiger partial charge in [0.1, 0.15) is 6.10 Å². The van der Waals surface area contributed by atoms with Crippen LogP contribution < -0.4 is 0 Å². The molecule has 1 aromatic rings. The van der Waals surface area contributed by atoms with Crippen LogP contribution in [0.3, 0.4) is 0 Å². The number of carboxylic acid groups (broad SMARTS) is 1. The third-order valence-electron chi connectivity index (χ3n) is 2.05. The summed E-state index contributed by atoms with van der Waals surface area (Å²) in [5.74, 6) is -1.85.